The maximum Gasteiger partial charge on any atom is 0.437 e. The maximum absolute atomic E-state index is 13.2. The Hall–Kier alpha value is -2.55. The third kappa shape index (κ3) is 4.05. The van der Waals surface area contributed by atoms with Crippen LogP contribution >= 0.6 is 11.6 Å². The Kier molecular flexibility index (Phi) is 4.83. The van der Waals surface area contributed by atoms with Gasteiger partial charge < -0.3 is 15.5 Å². The number of nitrogens with one attached hydrogen (secondary N) is 1. The van der Waals surface area contributed by atoms with Crippen molar-refractivity contribution >= 4 is 11.6 Å². The van der Waals surface area contributed by atoms with Crippen LogP contribution in [0.5, 0.6) is 11.5 Å². The summed E-state index contributed by atoms with van der Waals surface area (Å²) in [5.74, 6) is -2.44. The molecule has 10 heteroatoms. The zero-order valence-electron chi connectivity index (χ0n) is 11.9. The van der Waals surface area contributed by atoms with Gasteiger partial charge in [0.1, 0.15) is 17.4 Å². The largest absolute Gasteiger partial charge is 0.449 e. The van der Waals surface area contributed by atoms with Crippen molar-refractivity contribution in [3.63, 3.8) is 0 Å². The molecule has 0 saturated heterocycles. The second kappa shape index (κ2) is 6.52. The maximum atomic E-state index is 13.2. The third-order valence-corrected chi connectivity index (χ3v) is 2.99. The second-order valence-corrected chi connectivity index (χ2v) is 5.11. The lowest BCUT2D eigenvalue weighted by Crippen LogP contribution is -2.22. The predicted molar refractivity (Wildman–Crippen MR) is 78.4 cm³/mol. The topological polar surface area (TPSA) is 81.0 Å². The number of nitrogens with zero attached hydrogens (tertiary/aromatic N) is 1. The van der Waals surface area contributed by atoms with Crippen LogP contribution in [0.1, 0.15) is 11.5 Å². The molecule has 1 heterocycles. The fourth-order valence-corrected chi connectivity index (χ4v) is 1.92. The van der Waals surface area contributed by atoms with E-state index in [1.807, 2.05) is 0 Å². The Balaban J connectivity index is 2.53. The molecule has 3 N–H and O–H groups in total. The van der Waals surface area contributed by atoms with Crippen LogP contribution in [0.25, 0.3) is 0 Å². The number of aromatic nitrogens is 2. The zero-order chi connectivity index (χ0) is 18.1. The van der Waals surface area contributed by atoms with Crippen molar-refractivity contribution in [1.82, 2.24) is 9.97 Å². The summed E-state index contributed by atoms with van der Waals surface area (Å²) in [6, 6.07) is 2.85. The van der Waals surface area contributed by atoms with Gasteiger partial charge >= 0.3 is 6.18 Å². The van der Waals surface area contributed by atoms with E-state index in [-0.39, 0.29) is 28.7 Å². The molecule has 1 aromatic carbocycles. The van der Waals surface area contributed by atoms with E-state index in [4.69, 9.17) is 22.1 Å². The first-order chi connectivity index (χ1) is 11.1. The van der Waals surface area contributed by atoms with E-state index in [2.05, 4.69) is 16.5 Å². The lowest BCUT2D eigenvalue weighted by Gasteiger charge is -2.13. The summed E-state index contributed by atoms with van der Waals surface area (Å²) >= 11 is 5.53. The summed E-state index contributed by atoms with van der Waals surface area (Å²) in [6.07, 6.45) is -5.21. The number of aromatic amines is 1. The van der Waals surface area contributed by atoms with Crippen molar-refractivity contribution in [2.45, 2.75) is 12.6 Å². The van der Waals surface area contributed by atoms with Gasteiger partial charge in [-0.1, -0.05) is 18.2 Å². The molecule has 0 aliphatic carbocycles. The van der Waals surface area contributed by atoms with Gasteiger partial charge in [-0.25, -0.2) is 9.37 Å². The highest BCUT2D eigenvalue weighted by Crippen LogP contribution is 2.35. The van der Waals surface area contributed by atoms with Gasteiger partial charge in [0.05, 0.1) is 5.02 Å². The second-order valence-electron chi connectivity index (χ2n) is 4.70. The Morgan fingerprint density at radius 2 is 2.08 bits per heavy atom. The number of H-pyrrole nitrogens is 1. The van der Waals surface area contributed by atoms with Crippen molar-refractivity contribution < 1.29 is 22.3 Å². The van der Waals surface area contributed by atoms with E-state index in [0.717, 1.165) is 18.2 Å². The van der Waals surface area contributed by atoms with Gasteiger partial charge in [-0.3, -0.25) is 4.79 Å². The van der Waals surface area contributed by atoms with Crippen molar-refractivity contribution in [1.29, 1.82) is 0 Å². The number of hydrogen-bond donors (Lipinski definition) is 2. The number of halogens is 5. The fraction of sp³-hybridized carbons (Fsp3) is 0.143. The van der Waals surface area contributed by atoms with Gasteiger partial charge in [0.15, 0.2) is 5.69 Å². The average Bonchev–Trinajstić information content (AvgIpc) is 2.43. The van der Waals surface area contributed by atoms with Gasteiger partial charge in [-0.15, -0.1) is 0 Å². The number of hydrogen-bond acceptors (Lipinski definition) is 4. The molecule has 128 valence electrons. The zero-order valence-corrected chi connectivity index (χ0v) is 12.6. The Labute approximate surface area is 137 Å². The molecule has 2 aromatic rings. The van der Waals surface area contributed by atoms with Gasteiger partial charge in [0.2, 0.25) is 5.75 Å². The quantitative estimate of drug-likeness (QED) is 0.816. The van der Waals surface area contributed by atoms with Gasteiger partial charge in [-0.05, 0) is 12.1 Å². The lowest BCUT2D eigenvalue weighted by atomic mass is 10.3. The minimum absolute atomic E-state index is 0.0188. The van der Waals surface area contributed by atoms with Crippen molar-refractivity contribution in [3.05, 3.63) is 63.2 Å². The minimum atomic E-state index is -4.96. The Morgan fingerprint density at radius 3 is 2.62 bits per heavy atom. The lowest BCUT2D eigenvalue weighted by molar-refractivity contribution is -0.142. The van der Waals surface area contributed by atoms with Gasteiger partial charge in [0, 0.05) is 18.2 Å². The summed E-state index contributed by atoms with van der Waals surface area (Å²) < 4.78 is 57.5. The highest BCUT2D eigenvalue weighted by atomic mass is 35.5. The van der Waals surface area contributed by atoms with E-state index in [1.54, 1.807) is 0 Å². The molecule has 24 heavy (non-hydrogen) atoms. The third-order valence-electron chi connectivity index (χ3n) is 2.70. The van der Waals surface area contributed by atoms with Crippen LogP contribution in [0, 0.1) is 5.82 Å². The van der Waals surface area contributed by atoms with Crippen LogP contribution in [0.4, 0.5) is 17.6 Å². The Bertz CT molecular complexity index is 849. The molecule has 2 rings (SSSR count). The van der Waals surface area contributed by atoms with Crippen molar-refractivity contribution in [2.75, 3.05) is 0 Å². The molecular formula is C14H10ClF4N3O2. The standard InChI is InChI=1S/C14H10ClF4N3O2/c1-6(20)4-10-21-12(14(17,18)19)11(13(23)22-10)24-7-2-3-9(16)8(15)5-7/h2-3,5H,1,4,20H2,(H,21,22,23). The first kappa shape index (κ1) is 17.8. The highest BCUT2D eigenvalue weighted by Gasteiger charge is 2.39. The van der Waals surface area contributed by atoms with Crippen molar-refractivity contribution in [3.8, 4) is 11.5 Å². The van der Waals surface area contributed by atoms with Crippen LogP contribution in [-0.2, 0) is 12.6 Å². The van der Waals surface area contributed by atoms with Gasteiger partial charge in [-0.2, -0.15) is 13.2 Å². The van der Waals surface area contributed by atoms with E-state index in [9.17, 15) is 22.4 Å². The molecule has 0 radical (unpaired) electrons. The number of rotatable bonds is 4. The van der Waals surface area contributed by atoms with E-state index >= 15 is 0 Å². The number of nitrogens with two attached hydrogens (primary N) is 1. The van der Waals surface area contributed by atoms with E-state index in [0.29, 0.717) is 0 Å². The first-order valence-electron chi connectivity index (χ1n) is 6.34. The average molecular weight is 364 g/mol. The van der Waals surface area contributed by atoms with E-state index < -0.39 is 29.0 Å². The monoisotopic (exact) mass is 363 g/mol. The first-order valence-corrected chi connectivity index (χ1v) is 6.72. The fourth-order valence-electron chi connectivity index (χ4n) is 1.75. The van der Waals surface area contributed by atoms with Crippen LogP contribution in [0.15, 0.2) is 35.3 Å². The molecule has 0 amide bonds. The highest BCUT2D eigenvalue weighted by molar-refractivity contribution is 6.30. The van der Waals surface area contributed by atoms with Crippen LogP contribution in [0.3, 0.4) is 0 Å². The summed E-state index contributed by atoms with van der Waals surface area (Å²) in [5.41, 5.74) is 2.61. The predicted octanol–water partition coefficient (Wildman–Crippen LogP) is 3.39. The number of allylic oxidation sites excluding steroid dienone is 1. The number of alkyl halides is 3. The number of ether oxygens (including phenoxy) is 1. The molecule has 1 aromatic heterocycles. The molecule has 0 bridgehead atoms. The molecular weight excluding hydrogens is 354 g/mol. The van der Waals surface area contributed by atoms with Crippen LogP contribution in [-0.4, -0.2) is 9.97 Å². The summed E-state index contributed by atoms with van der Waals surface area (Å²) in [7, 11) is 0. The summed E-state index contributed by atoms with van der Waals surface area (Å²) in [6.45, 7) is 3.33. The molecule has 0 saturated carbocycles. The molecule has 5 nitrogen and oxygen atoms in total. The summed E-state index contributed by atoms with van der Waals surface area (Å²) in [4.78, 5) is 17.4. The van der Waals surface area contributed by atoms with E-state index in [1.165, 1.54) is 0 Å². The van der Waals surface area contributed by atoms with Crippen molar-refractivity contribution in [2.24, 2.45) is 5.73 Å². The molecule has 0 unspecified atom stereocenters. The molecule has 0 aliphatic heterocycles. The van der Waals surface area contributed by atoms with Gasteiger partial charge in [0.25, 0.3) is 5.56 Å². The molecule has 0 aliphatic rings. The smallest absolute Gasteiger partial charge is 0.437 e. The number of benzene rings is 1. The minimum Gasteiger partial charge on any atom is -0.449 e. The van der Waals surface area contributed by atoms with Crippen LogP contribution in [0.2, 0.25) is 5.02 Å². The molecule has 0 spiro atoms. The molecule has 0 fully saturated rings. The summed E-state index contributed by atoms with van der Waals surface area (Å²) in [5, 5.41) is -0.374. The SMILES string of the molecule is C=C(N)Cc1nc(C(F)(F)F)c(Oc2ccc(F)c(Cl)c2)c(=O)[nH]1. The van der Waals surface area contributed by atoms with Crippen LogP contribution < -0.4 is 16.0 Å². The molecule has 0 atom stereocenters. The normalized spacial score (nSPS) is 11.4. The Morgan fingerprint density at radius 1 is 1.42 bits per heavy atom.